The second-order valence-corrected chi connectivity index (χ2v) is 7.17. The zero-order valence-corrected chi connectivity index (χ0v) is 15.6. The largest absolute Gasteiger partial charge is 0.494 e. The van der Waals surface area contributed by atoms with Gasteiger partial charge in [0.1, 0.15) is 11.4 Å². The number of nitrogens with zero attached hydrogens (tertiary/aromatic N) is 2. The summed E-state index contributed by atoms with van der Waals surface area (Å²) in [6, 6.07) is 16.4. The minimum atomic E-state index is -0.973. The standard InChI is InChI=1S/C22H27N2O2/c1-3-26-19-13-11-18(12-14-19)23-16-22(25,20-9-5-4-8-17(20)2)24-15-7-6-10-21(23)24/h4-5,8-9,11-14,25H,3,6-7,10,15-16H2,1-2H3/q+1. The van der Waals surface area contributed by atoms with E-state index in [1.807, 2.05) is 31.2 Å². The lowest BCUT2D eigenvalue weighted by atomic mass is 9.97. The van der Waals surface area contributed by atoms with Crippen molar-refractivity contribution < 1.29 is 14.4 Å². The van der Waals surface area contributed by atoms with Gasteiger partial charge in [-0.25, -0.2) is 9.48 Å². The molecule has 4 heteroatoms. The number of hydrogen-bond donors (Lipinski definition) is 1. The van der Waals surface area contributed by atoms with Gasteiger partial charge in [-0.15, -0.1) is 0 Å². The monoisotopic (exact) mass is 351 g/mol. The normalized spacial score (nSPS) is 22.5. The fourth-order valence-corrected chi connectivity index (χ4v) is 4.28. The number of aryl methyl sites for hydroxylation is 1. The van der Waals surface area contributed by atoms with Gasteiger partial charge in [-0.2, -0.15) is 0 Å². The molecular formula is C22H27N2O2+. The van der Waals surface area contributed by atoms with E-state index in [1.165, 1.54) is 12.3 Å². The lowest BCUT2D eigenvalue weighted by molar-refractivity contribution is -0.661. The first kappa shape index (κ1) is 17.1. The summed E-state index contributed by atoms with van der Waals surface area (Å²) < 4.78 is 7.79. The Morgan fingerprint density at radius 3 is 2.62 bits per heavy atom. The van der Waals surface area contributed by atoms with Crippen LogP contribution in [0, 0.1) is 6.92 Å². The third kappa shape index (κ3) is 2.78. The Kier molecular flexibility index (Phi) is 4.45. The summed E-state index contributed by atoms with van der Waals surface area (Å²) in [6.45, 7) is 6.19. The van der Waals surface area contributed by atoms with Gasteiger partial charge >= 0.3 is 0 Å². The third-order valence-corrected chi connectivity index (χ3v) is 5.52. The molecule has 4 nitrogen and oxygen atoms in total. The Labute approximate surface area is 155 Å². The molecule has 0 saturated carbocycles. The molecule has 2 aromatic carbocycles. The molecule has 0 radical (unpaired) electrons. The highest BCUT2D eigenvalue weighted by Crippen LogP contribution is 2.37. The molecule has 0 bridgehead atoms. The highest BCUT2D eigenvalue weighted by molar-refractivity contribution is 5.96. The Morgan fingerprint density at radius 1 is 1.12 bits per heavy atom. The number of β-amino-alcohol motifs (C(OH)–C–C–N with tert-alkyl or cyclic N) is 1. The average molecular weight is 351 g/mol. The van der Waals surface area contributed by atoms with E-state index in [4.69, 9.17) is 4.74 Å². The molecule has 0 aromatic heterocycles. The van der Waals surface area contributed by atoms with E-state index in [-0.39, 0.29) is 0 Å². The number of amidine groups is 1. The van der Waals surface area contributed by atoms with Crippen LogP contribution in [0.3, 0.4) is 0 Å². The first-order valence-electron chi connectivity index (χ1n) is 9.56. The maximum atomic E-state index is 11.7. The predicted octanol–water partition coefficient (Wildman–Crippen LogP) is 3.65. The molecule has 1 atom stereocenters. The van der Waals surface area contributed by atoms with Crippen LogP contribution in [0.5, 0.6) is 5.75 Å². The van der Waals surface area contributed by atoms with Crippen molar-refractivity contribution in [3.8, 4) is 5.75 Å². The van der Waals surface area contributed by atoms with Crippen molar-refractivity contribution in [1.29, 1.82) is 0 Å². The number of benzene rings is 2. The lowest BCUT2D eigenvalue weighted by Gasteiger charge is -2.26. The molecule has 0 spiro atoms. The highest BCUT2D eigenvalue weighted by Gasteiger charge is 2.52. The number of anilines is 1. The van der Waals surface area contributed by atoms with Crippen LogP contribution in [0.15, 0.2) is 48.5 Å². The van der Waals surface area contributed by atoms with Gasteiger partial charge in [-0.1, -0.05) is 24.3 Å². The van der Waals surface area contributed by atoms with Crippen molar-refractivity contribution in [3.05, 3.63) is 59.7 Å². The Hall–Kier alpha value is -2.33. The molecule has 0 aliphatic carbocycles. The summed E-state index contributed by atoms with van der Waals surface area (Å²) >= 11 is 0. The lowest BCUT2D eigenvalue weighted by Crippen LogP contribution is -2.42. The van der Waals surface area contributed by atoms with E-state index < -0.39 is 5.72 Å². The van der Waals surface area contributed by atoms with Gasteiger partial charge in [0.25, 0.3) is 11.6 Å². The van der Waals surface area contributed by atoms with Gasteiger partial charge in [0.15, 0.2) is 6.54 Å². The molecule has 0 saturated heterocycles. The highest BCUT2D eigenvalue weighted by atomic mass is 16.5. The zero-order chi connectivity index (χ0) is 18.1. The van der Waals surface area contributed by atoms with Crippen molar-refractivity contribution in [1.82, 2.24) is 0 Å². The summed E-state index contributed by atoms with van der Waals surface area (Å²) in [7, 11) is 0. The van der Waals surface area contributed by atoms with Gasteiger partial charge < -0.3 is 9.84 Å². The molecule has 2 aliphatic heterocycles. The topological polar surface area (TPSA) is 35.7 Å². The zero-order valence-electron chi connectivity index (χ0n) is 15.6. The molecule has 136 valence electrons. The maximum absolute atomic E-state index is 11.7. The predicted molar refractivity (Wildman–Crippen MR) is 104 cm³/mol. The summed E-state index contributed by atoms with van der Waals surface area (Å²) in [5, 5.41) is 11.7. The molecule has 2 heterocycles. The Balaban J connectivity index is 1.74. The molecule has 2 aliphatic rings. The summed E-state index contributed by atoms with van der Waals surface area (Å²) in [5.74, 6) is 2.11. The van der Waals surface area contributed by atoms with Gasteiger partial charge in [-0.3, -0.25) is 0 Å². The van der Waals surface area contributed by atoms with Crippen molar-refractivity contribution in [2.45, 2.75) is 38.8 Å². The molecule has 1 N–H and O–H groups in total. The summed E-state index contributed by atoms with van der Waals surface area (Å²) in [6.07, 6.45) is 3.29. The van der Waals surface area contributed by atoms with Gasteiger partial charge in [0, 0.05) is 12.0 Å². The molecular weight excluding hydrogens is 324 g/mol. The molecule has 0 amide bonds. The average Bonchev–Trinajstić information content (AvgIpc) is 2.97. The maximum Gasteiger partial charge on any atom is 0.271 e. The van der Waals surface area contributed by atoms with Crippen LogP contribution in [-0.2, 0) is 5.72 Å². The van der Waals surface area contributed by atoms with Gasteiger partial charge in [0.05, 0.1) is 13.2 Å². The Morgan fingerprint density at radius 2 is 1.88 bits per heavy atom. The van der Waals surface area contributed by atoms with E-state index in [2.05, 4.69) is 40.7 Å². The number of aliphatic hydroxyl groups is 1. The van der Waals surface area contributed by atoms with E-state index in [0.717, 1.165) is 42.0 Å². The second-order valence-electron chi connectivity index (χ2n) is 7.17. The van der Waals surface area contributed by atoms with E-state index in [0.29, 0.717) is 13.2 Å². The third-order valence-electron chi connectivity index (χ3n) is 5.52. The van der Waals surface area contributed by atoms with Gasteiger partial charge in [0.2, 0.25) is 0 Å². The first-order valence-corrected chi connectivity index (χ1v) is 9.56. The van der Waals surface area contributed by atoms with Crippen LogP contribution >= 0.6 is 0 Å². The first-order chi connectivity index (χ1) is 12.6. The minimum Gasteiger partial charge on any atom is -0.494 e. The van der Waals surface area contributed by atoms with Crippen LogP contribution in [0.1, 0.15) is 37.3 Å². The molecule has 26 heavy (non-hydrogen) atoms. The fraction of sp³-hybridized carbons (Fsp3) is 0.409. The molecule has 0 fully saturated rings. The van der Waals surface area contributed by atoms with Crippen LogP contribution in [0.2, 0.25) is 0 Å². The second kappa shape index (κ2) is 6.76. The smallest absolute Gasteiger partial charge is 0.271 e. The summed E-state index contributed by atoms with van der Waals surface area (Å²) in [4.78, 5) is 2.28. The summed E-state index contributed by atoms with van der Waals surface area (Å²) in [5.41, 5.74) is 2.28. The molecule has 4 rings (SSSR count). The van der Waals surface area contributed by atoms with Gasteiger partial charge in [-0.05, 0) is 56.5 Å². The van der Waals surface area contributed by atoms with Crippen molar-refractivity contribution in [2.24, 2.45) is 0 Å². The van der Waals surface area contributed by atoms with Crippen molar-refractivity contribution in [2.75, 3.05) is 24.6 Å². The van der Waals surface area contributed by atoms with E-state index >= 15 is 0 Å². The number of ether oxygens (including phenoxy) is 1. The Bertz CT molecular complexity index is 828. The van der Waals surface area contributed by atoms with Crippen LogP contribution < -0.4 is 9.64 Å². The van der Waals surface area contributed by atoms with E-state index in [9.17, 15) is 5.11 Å². The van der Waals surface area contributed by atoms with Crippen molar-refractivity contribution >= 4 is 11.5 Å². The number of hydrogen-bond acceptors (Lipinski definition) is 3. The molecule has 1 unspecified atom stereocenters. The van der Waals surface area contributed by atoms with Crippen LogP contribution in [0.25, 0.3) is 0 Å². The van der Waals surface area contributed by atoms with Crippen LogP contribution in [0.4, 0.5) is 5.69 Å². The minimum absolute atomic E-state index is 0.557. The quantitative estimate of drug-likeness (QED) is 0.854. The number of rotatable bonds is 4. The van der Waals surface area contributed by atoms with E-state index in [1.54, 1.807) is 0 Å². The molecule has 2 aromatic rings. The van der Waals surface area contributed by atoms with Crippen LogP contribution in [-0.4, -0.2) is 35.2 Å². The fourth-order valence-electron chi connectivity index (χ4n) is 4.28. The SMILES string of the molecule is CCOc1ccc(N2CC(O)(c3ccccc3C)[N+]3=C2CCCC3)cc1. The van der Waals surface area contributed by atoms with Crippen molar-refractivity contribution in [3.63, 3.8) is 0 Å².